The lowest BCUT2D eigenvalue weighted by Gasteiger charge is -2.27. The number of rotatable bonds is 3. The van der Waals surface area contributed by atoms with Gasteiger partial charge in [-0.05, 0) is 32.2 Å². The first-order valence-electron chi connectivity index (χ1n) is 5.16. The average Bonchev–Trinajstić information content (AvgIpc) is 2.58. The molecular formula is C10H19NO. The van der Waals surface area contributed by atoms with Gasteiger partial charge < -0.3 is 10.1 Å². The molecule has 70 valence electrons. The number of ether oxygens (including phenoxy) is 1. The normalized spacial score (nSPS) is 40.2. The molecule has 2 fully saturated rings. The smallest absolute Gasteiger partial charge is 0.0537 e. The molecule has 2 aliphatic rings. The van der Waals surface area contributed by atoms with E-state index in [0.29, 0.717) is 5.41 Å². The van der Waals surface area contributed by atoms with Crippen LogP contribution in [0.2, 0.25) is 0 Å². The van der Waals surface area contributed by atoms with Crippen LogP contribution >= 0.6 is 0 Å². The summed E-state index contributed by atoms with van der Waals surface area (Å²) in [6.45, 7) is 6.36. The van der Waals surface area contributed by atoms with Gasteiger partial charge in [-0.2, -0.15) is 0 Å². The third-order valence-corrected chi connectivity index (χ3v) is 3.55. The second kappa shape index (κ2) is 3.35. The van der Waals surface area contributed by atoms with E-state index in [2.05, 4.69) is 12.2 Å². The third-order valence-electron chi connectivity index (χ3n) is 3.55. The molecule has 1 saturated carbocycles. The molecule has 2 atom stereocenters. The molecule has 0 radical (unpaired) electrons. The van der Waals surface area contributed by atoms with Crippen LogP contribution < -0.4 is 5.32 Å². The Labute approximate surface area is 74.7 Å². The average molecular weight is 169 g/mol. The fourth-order valence-electron chi connectivity index (χ4n) is 2.80. The lowest BCUT2D eigenvalue weighted by atomic mass is 9.82. The van der Waals surface area contributed by atoms with Crippen LogP contribution in [0.25, 0.3) is 0 Å². The molecule has 0 amide bonds. The summed E-state index contributed by atoms with van der Waals surface area (Å²) in [6.07, 6.45) is 4.21. The molecule has 12 heavy (non-hydrogen) atoms. The van der Waals surface area contributed by atoms with Gasteiger partial charge in [0.05, 0.1) is 6.61 Å². The van der Waals surface area contributed by atoms with E-state index >= 15 is 0 Å². The number of hydrogen-bond acceptors (Lipinski definition) is 2. The zero-order valence-electron chi connectivity index (χ0n) is 7.94. The summed E-state index contributed by atoms with van der Waals surface area (Å²) >= 11 is 0. The zero-order valence-corrected chi connectivity index (χ0v) is 7.94. The van der Waals surface area contributed by atoms with Gasteiger partial charge in [-0.25, -0.2) is 0 Å². The number of hydrogen-bond donors (Lipinski definition) is 1. The Morgan fingerprint density at radius 3 is 3.33 bits per heavy atom. The first-order chi connectivity index (χ1) is 5.87. The van der Waals surface area contributed by atoms with Crippen molar-refractivity contribution in [3.05, 3.63) is 0 Å². The Kier molecular flexibility index (Phi) is 2.37. The maximum Gasteiger partial charge on any atom is 0.0537 e. The Hall–Kier alpha value is -0.0800. The molecule has 2 rings (SSSR count). The minimum Gasteiger partial charge on any atom is -0.381 e. The maximum atomic E-state index is 5.58. The van der Waals surface area contributed by atoms with E-state index in [9.17, 15) is 0 Å². The van der Waals surface area contributed by atoms with Crippen molar-refractivity contribution in [3.63, 3.8) is 0 Å². The van der Waals surface area contributed by atoms with E-state index < -0.39 is 0 Å². The second-order valence-electron chi connectivity index (χ2n) is 4.22. The minimum absolute atomic E-state index is 0.524. The van der Waals surface area contributed by atoms with Crippen molar-refractivity contribution in [3.8, 4) is 0 Å². The quantitative estimate of drug-likeness (QED) is 0.689. The molecule has 0 aromatic rings. The van der Waals surface area contributed by atoms with Crippen molar-refractivity contribution in [1.82, 2.24) is 5.32 Å². The van der Waals surface area contributed by atoms with Crippen molar-refractivity contribution in [2.75, 3.05) is 26.3 Å². The SMILES string of the molecule is CCOC[C@@]12CCC[C@@H]1CNC2. The summed E-state index contributed by atoms with van der Waals surface area (Å²) in [4.78, 5) is 0. The van der Waals surface area contributed by atoms with Crippen LogP contribution in [0.3, 0.4) is 0 Å². The first-order valence-corrected chi connectivity index (χ1v) is 5.16. The predicted molar refractivity (Wildman–Crippen MR) is 49.1 cm³/mol. The van der Waals surface area contributed by atoms with Crippen LogP contribution in [0.5, 0.6) is 0 Å². The molecule has 0 spiro atoms. The maximum absolute atomic E-state index is 5.58. The molecule has 0 bridgehead atoms. The van der Waals surface area contributed by atoms with Gasteiger partial charge >= 0.3 is 0 Å². The monoisotopic (exact) mass is 169 g/mol. The Bertz CT molecular complexity index is 148. The van der Waals surface area contributed by atoms with Gasteiger partial charge in [0.2, 0.25) is 0 Å². The molecular weight excluding hydrogens is 150 g/mol. The highest BCUT2D eigenvalue weighted by molar-refractivity contribution is 4.99. The van der Waals surface area contributed by atoms with Gasteiger partial charge in [-0.1, -0.05) is 6.42 Å². The molecule has 1 aliphatic heterocycles. The van der Waals surface area contributed by atoms with Crippen LogP contribution in [-0.4, -0.2) is 26.3 Å². The van der Waals surface area contributed by atoms with Crippen molar-refractivity contribution in [1.29, 1.82) is 0 Å². The van der Waals surface area contributed by atoms with Gasteiger partial charge in [0.1, 0.15) is 0 Å². The van der Waals surface area contributed by atoms with Gasteiger partial charge in [0.15, 0.2) is 0 Å². The van der Waals surface area contributed by atoms with Gasteiger partial charge in [-0.15, -0.1) is 0 Å². The molecule has 1 heterocycles. The number of nitrogens with one attached hydrogen (secondary N) is 1. The lowest BCUT2D eigenvalue weighted by molar-refractivity contribution is 0.0480. The molecule has 2 heteroatoms. The predicted octanol–water partition coefficient (Wildman–Crippen LogP) is 1.41. The van der Waals surface area contributed by atoms with Gasteiger partial charge in [0.25, 0.3) is 0 Å². The molecule has 0 aromatic carbocycles. The third kappa shape index (κ3) is 1.27. The Morgan fingerprint density at radius 1 is 1.58 bits per heavy atom. The molecule has 1 N–H and O–H groups in total. The highest BCUT2D eigenvalue weighted by Crippen LogP contribution is 2.45. The standard InChI is InChI=1S/C10H19NO/c1-2-12-8-10-5-3-4-9(10)6-11-7-10/h9,11H,2-8H2,1H3/t9-,10+/m1/s1. The number of fused-ring (bicyclic) bond motifs is 1. The molecule has 1 aliphatic carbocycles. The lowest BCUT2D eigenvalue weighted by Crippen LogP contribution is -2.31. The summed E-state index contributed by atoms with van der Waals surface area (Å²) in [5, 5.41) is 3.49. The minimum atomic E-state index is 0.524. The highest BCUT2D eigenvalue weighted by atomic mass is 16.5. The van der Waals surface area contributed by atoms with Crippen LogP contribution in [0, 0.1) is 11.3 Å². The zero-order chi connectivity index (χ0) is 8.44. The summed E-state index contributed by atoms with van der Waals surface area (Å²) in [5.41, 5.74) is 0.524. The molecule has 0 unspecified atom stereocenters. The van der Waals surface area contributed by atoms with Crippen LogP contribution in [0.1, 0.15) is 26.2 Å². The van der Waals surface area contributed by atoms with E-state index in [0.717, 1.165) is 19.1 Å². The summed E-state index contributed by atoms with van der Waals surface area (Å²) < 4.78 is 5.58. The van der Waals surface area contributed by atoms with E-state index in [-0.39, 0.29) is 0 Å². The van der Waals surface area contributed by atoms with E-state index in [1.165, 1.54) is 32.4 Å². The second-order valence-corrected chi connectivity index (χ2v) is 4.22. The highest BCUT2D eigenvalue weighted by Gasteiger charge is 2.46. The van der Waals surface area contributed by atoms with Crippen LogP contribution in [0.15, 0.2) is 0 Å². The summed E-state index contributed by atoms with van der Waals surface area (Å²) in [7, 11) is 0. The first kappa shape index (κ1) is 8.52. The van der Waals surface area contributed by atoms with E-state index in [1.807, 2.05) is 0 Å². The van der Waals surface area contributed by atoms with Crippen molar-refractivity contribution >= 4 is 0 Å². The van der Waals surface area contributed by atoms with Crippen molar-refractivity contribution in [2.45, 2.75) is 26.2 Å². The summed E-state index contributed by atoms with van der Waals surface area (Å²) in [5.74, 6) is 0.907. The largest absolute Gasteiger partial charge is 0.381 e. The van der Waals surface area contributed by atoms with Gasteiger partial charge in [-0.3, -0.25) is 0 Å². The Balaban J connectivity index is 1.97. The fraction of sp³-hybridized carbons (Fsp3) is 1.00. The Morgan fingerprint density at radius 2 is 2.50 bits per heavy atom. The molecule has 2 nitrogen and oxygen atoms in total. The van der Waals surface area contributed by atoms with Crippen molar-refractivity contribution < 1.29 is 4.74 Å². The van der Waals surface area contributed by atoms with E-state index in [4.69, 9.17) is 4.74 Å². The van der Waals surface area contributed by atoms with Gasteiger partial charge in [0, 0.05) is 18.6 Å². The molecule has 0 aromatic heterocycles. The topological polar surface area (TPSA) is 21.3 Å². The molecule has 1 saturated heterocycles. The van der Waals surface area contributed by atoms with Crippen LogP contribution in [-0.2, 0) is 4.74 Å². The summed E-state index contributed by atoms with van der Waals surface area (Å²) in [6, 6.07) is 0. The van der Waals surface area contributed by atoms with Crippen LogP contribution in [0.4, 0.5) is 0 Å². The fourth-order valence-corrected chi connectivity index (χ4v) is 2.80. The van der Waals surface area contributed by atoms with Crippen molar-refractivity contribution in [2.24, 2.45) is 11.3 Å². The van der Waals surface area contributed by atoms with E-state index in [1.54, 1.807) is 0 Å².